The van der Waals surface area contributed by atoms with Crippen molar-refractivity contribution in [3.05, 3.63) is 72.9 Å². The number of ether oxygens (including phenoxy) is 4. The second-order valence-electron chi connectivity index (χ2n) is 20.4. The number of carbonyl (C=O) groups is 1. The summed E-state index contributed by atoms with van der Waals surface area (Å²) in [4.78, 5) is 13.2. The van der Waals surface area contributed by atoms with Crippen LogP contribution in [0, 0.1) is 0 Å². The van der Waals surface area contributed by atoms with Crippen LogP contribution in [0.2, 0.25) is 0 Å². The molecular weight excluding hydrogens is 943 g/mol. The Balaban J connectivity index is 1.72. The first-order chi connectivity index (χ1) is 36.1. The number of aliphatic hydroxyl groups excluding tert-OH is 8. The summed E-state index contributed by atoms with van der Waals surface area (Å²) in [7, 11) is 0. The van der Waals surface area contributed by atoms with Gasteiger partial charge in [-0.1, -0.05) is 202 Å². The minimum absolute atomic E-state index is 0.253. The summed E-state index contributed by atoms with van der Waals surface area (Å²) in [5.41, 5.74) is 0. The van der Waals surface area contributed by atoms with E-state index >= 15 is 0 Å². The van der Waals surface area contributed by atoms with Gasteiger partial charge in [0, 0.05) is 6.42 Å². The highest BCUT2D eigenvalue weighted by molar-refractivity contribution is 5.76. The molecule has 2 heterocycles. The maximum absolute atomic E-state index is 13.2. The third-order valence-electron chi connectivity index (χ3n) is 13.9. The number of hydrogen-bond acceptors (Lipinski definition) is 13. The number of carbonyl (C=O) groups excluding carboxylic acids is 1. The van der Waals surface area contributed by atoms with E-state index in [1.807, 2.05) is 6.08 Å². The van der Waals surface area contributed by atoms with Crippen LogP contribution in [-0.4, -0.2) is 140 Å². The fourth-order valence-electron chi connectivity index (χ4n) is 9.18. The molecule has 2 aliphatic heterocycles. The molecule has 2 saturated heterocycles. The van der Waals surface area contributed by atoms with Gasteiger partial charge in [0.2, 0.25) is 5.91 Å². The van der Waals surface area contributed by atoms with Crippen LogP contribution in [0.4, 0.5) is 0 Å². The van der Waals surface area contributed by atoms with E-state index in [0.717, 1.165) is 57.8 Å². The SMILES string of the molecule is CC/C=C\C/C=C\C/C=C\C/C=C\CCCCCCCCCCCCCCCCC(=O)NC(COC1OC(CO)C(OC2OC(CO)C(O)C(O)C2O)C(O)C1O)C(O)/C=C/CC/C=C/CCCCCCCCC. The predicted octanol–water partition coefficient (Wildman–Crippen LogP) is 9.55. The van der Waals surface area contributed by atoms with E-state index in [9.17, 15) is 45.6 Å². The fourth-order valence-corrected chi connectivity index (χ4v) is 9.18. The van der Waals surface area contributed by atoms with Crippen molar-refractivity contribution in [2.24, 2.45) is 0 Å². The van der Waals surface area contributed by atoms with Crippen LogP contribution < -0.4 is 5.32 Å². The molecule has 428 valence electrons. The van der Waals surface area contributed by atoms with Crippen LogP contribution in [0.5, 0.6) is 0 Å². The molecule has 12 unspecified atom stereocenters. The van der Waals surface area contributed by atoms with Gasteiger partial charge in [-0.25, -0.2) is 0 Å². The molecule has 0 aromatic heterocycles. The van der Waals surface area contributed by atoms with Gasteiger partial charge in [0.1, 0.15) is 48.8 Å². The van der Waals surface area contributed by atoms with Crippen LogP contribution in [0.3, 0.4) is 0 Å². The molecule has 0 bridgehead atoms. The molecule has 9 N–H and O–H groups in total. The van der Waals surface area contributed by atoms with Gasteiger partial charge in [-0.3, -0.25) is 4.79 Å². The second kappa shape index (κ2) is 45.4. The summed E-state index contributed by atoms with van der Waals surface area (Å²) in [6.07, 6.45) is 42.3. The molecule has 0 aliphatic carbocycles. The molecule has 0 radical (unpaired) electrons. The van der Waals surface area contributed by atoms with Crippen molar-refractivity contribution in [2.45, 2.75) is 280 Å². The van der Waals surface area contributed by atoms with Crippen LogP contribution in [0.15, 0.2) is 72.9 Å². The lowest BCUT2D eigenvalue weighted by Crippen LogP contribution is -2.65. The Hall–Kier alpha value is -2.57. The highest BCUT2D eigenvalue weighted by Gasteiger charge is 2.51. The highest BCUT2D eigenvalue weighted by Crippen LogP contribution is 2.30. The first-order valence-corrected chi connectivity index (χ1v) is 29.2. The monoisotopic (exact) mass is 1050 g/mol. The second-order valence-corrected chi connectivity index (χ2v) is 20.4. The molecule has 74 heavy (non-hydrogen) atoms. The zero-order chi connectivity index (χ0) is 53.9. The first-order valence-electron chi connectivity index (χ1n) is 29.2. The normalized spacial score (nSPS) is 25.8. The quantitative estimate of drug-likeness (QED) is 0.0205. The summed E-state index contributed by atoms with van der Waals surface area (Å²) in [5, 5.41) is 86.9. The van der Waals surface area contributed by atoms with Crippen LogP contribution >= 0.6 is 0 Å². The van der Waals surface area contributed by atoms with E-state index in [0.29, 0.717) is 12.8 Å². The van der Waals surface area contributed by atoms with Crippen molar-refractivity contribution >= 4 is 5.91 Å². The van der Waals surface area contributed by atoms with Gasteiger partial charge in [-0.2, -0.15) is 0 Å². The third-order valence-corrected chi connectivity index (χ3v) is 13.9. The van der Waals surface area contributed by atoms with Crippen LogP contribution in [-0.2, 0) is 23.7 Å². The molecule has 1 amide bonds. The zero-order valence-corrected chi connectivity index (χ0v) is 45.8. The van der Waals surface area contributed by atoms with Gasteiger partial charge < -0.3 is 65.1 Å². The van der Waals surface area contributed by atoms with E-state index in [1.54, 1.807) is 6.08 Å². The van der Waals surface area contributed by atoms with Crippen LogP contribution in [0.25, 0.3) is 0 Å². The Bertz CT molecular complexity index is 1520. The summed E-state index contributed by atoms with van der Waals surface area (Å²) < 4.78 is 22.7. The summed E-state index contributed by atoms with van der Waals surface area (Å²) in [6.45, 7) is 2.64. The van der Waals surface area contributed by atoms with Crippen molar-refractivity contribution in [3.63, 3.8) is 0 Å². The van der Waals surface area contributed by atoms with Crippen molar-refractivity contribution in [1.29, 1.82) is 0 Å². The smallest absolute Gasteiger partial charge is 0.220 e. The molecule has 2 fully saturated rings. The van der Waals surface area contributed by atoms with Crippen molar-refractivity contribution < 1.29 is 64.6 Å². The van der Waals surface area contributed by atoms with Gasteiger partial charge in [0.25, 0.3) is 0 Å². The summed E-state index contributed by atoms with van der Waals surface area (Å²) in [6, 6.07) is -0.933. The molecule has 2 aliphatic rings. The number of nitrogens with one attached hydrogen (secondary N) is 1. The molecule has 0 aromatic rings. The summed E-state index contributed by atoms with van der Waals surface area (Å²) >= 11 is 0. The van der Waals surface area contributed by atoms with Crippen molar-refractivity contribution in [1.82, 2.24) is 5.32 Å². The number of allylic oxidation sites excluding steroid dienone is 11. The van der Waals surface area contributed by atoms with E-state index in [1.165, 1.54) is 116 Å². The molecule has 0 saturated carbocycles. The van der Waals surface area contributed by atoms with Gasteiger partial charge in [-0.05, 0) is 70.6 Å². The van der Waals surface area contributed by atoms with Gasteiger partial charge in [0.15, 0.2) is 12.6 Å². The average molecular weight is 1050 g/mol. The lowest BCUT2D eigenvalue weighted by Gasteiger charge is -2.46. The Morgan fingerprint density at radius 2 is 0.946 bits per heavy atom. The topological polar surface area (TPSA) is 228 Å². The van der Waals surface area contributed by atoms with E-state index in [-0.39, 0.29) is 18.9 Å². The average Bonchev–Trinajstić information content (AvgIpc) is 3.40. The fraction of sp³-hybridized carbons (Fsp3) is 0.783. The van der Waals surface area contributed by atoms with Gasteiger partial charge in [-0.15, -0.1) is 0 Å². The molecule has 0 aromatic carbocycles. The molecule has 0 spiro atoms. The highest BCUT2D eigenvalue weighted by atomic mass is 16.7. The zero-order valence-electron chi connectivity index (χ0n) is 45.8. The minimum atomic E-state index is -1.79. The van der Waals surface area contributed by atoms with E-state index < -0.39 is 86.8 Å². The van der Waals surface area contributed by atoms with Crippen molar-refractivity contribution in [3.8, 4) is 0 Å². The Labute approximate surface area is 447 Å². The number of hydrogen-bond donors (Lipinski definition) is 9. The summed E-state index contributed by atoms with van der Waals surface area (Å²) in [5.74, 6) is -0.253. The van der Waals surface area contributed by atoms with Gasteiger partial charge in [0.05, 0.1) is 32.0 Å². The predicted molar refractivity (Wildman–Crippen MR) is 295 cm³/mol. The number of rotatable bonds is 45. The lowest BCUT2D eigenvalue weighted by atomic mass is 9.97. The Morgan fingerprint density at radius 3 is 1.49 bits per heavy atom. The molecule has 14 nitrogen and oxygen atoms in total. The van der Waals surface area contributed by atoms with Crippen molar-refractivity contribution in [2.75, 3.05) is 19.8 Å². The lowest BCUT2D eigenvalue weighted by molar-refractivity contribution is -0.359. The molecule has 2 rings (SSSR count). The maximum atomic E-state index is 13.2. The standard InChI is InChI=1S/C60H105NO13/c1-3-5-7-9-11-13-15-17-18-19-20-21-22-23-24-25-26-27-28-29-30-32-34-36-38-40-42-44-52(65)61-48(49(64)43-41-39-37-35-33-31-16-14-12-10-8-6-4-2)47-71-59-57(70)55(68)58(51(46-63)73-59)74-60-56(69)54(67)53(66)50(45-62)72-60/h5,7,11,13,17-18,20-21,33,35,41,43,48-51,53-60,62-64,66-70H,3-4,6,8-10,12,14-16,19,22-32,34,36-40,42,44-47H2,1-2H3,(H,61,65)/b7-5-,13-11-,18-17-,21-20-,35-33+,43-41+. The molecular formula is C60H105NO13. The maximum Gasteiger partial charge on any atom is 0.220 e. The van der Waals surface area contributed by atoms with Gasteiger partial charge >= 0.3 is 0 Å². The van der Waals surface area contributed by atoms with Crippen LogP contribution in [0.1, 0.15) is 206 Å². The van der Waals surface area contributed by atoms with E-state index in [4.69, 9.17) is 18.9 Å². The Kier molecular flexibility index (Phi) is 41.5. The largest absolute Gasteiger partial charge is 0.394 e. The third kappa shape index (κ3) is 31.0. The Morgan fingerprint density at radius 1 is 0.500 bits per heavy atom. The molecule has 12 atom stereocenters. The number of amides is 1. The first kappa shape index (κ1) is 67.5. The van der Waals surface area contributed by atoms with E-state index in [2.05, 4.69) is 79.9 Å². The minimum Gasteiger partial charge on any atom is -0.394 e. The number of unbranched alkanes of at least 4 members (excludes halogenated alkanes) is 22. The molecule has 14 heteroatoms. The number of aliphatic hydroxyl groups is 8.